The van der Waals surface area contributed by atoms with E-state index in [4.69, 9.17) is 0 Å². The van der Waals surface area contributed by atoms with Gasteiger partial charge in [0.1, 0.15) is 0 Å². The number of hydrogen-bond donors (Lipinski definition) is 3. The number of H-pyrrole nitrogens is 1. The summed E-state index contributed by atoms with van der Waals surface area (Å²) in [5.41, 5.74) is 1.46. The van der Waals surface area contributed by atoms with Gasteiger partial charge >= 0.3 is 5.69 Å². The quantitative estimate of drug-likeness (QED) is 0.659. The predicted octanol–water partition coefficient (Wildman–Crippen LogP) is 1.09. The lowest BCUT2D eigenvalue weighted by Gasteiger charge is -2.13. The van der Waals surface area contributed by atoms with E-state index in [0.29, 0.717) is 19.5 Å². The topological polar surface area (TPSA) is 96.0 Å². The molecule has 0 atom stereocenters. The molecule has 1 aliphatic carbocycles. The van der Waals surface area contributed by atoms with E-state index < -0.39 is 10.2 Å². The average molecular weight is 338 g/mol. The van der Waals surface area contributed by atoms with Crippen molar-refractivity contribution in [1.82, 2.24) is 19.0 Å². The normalized spacial score (nSPS) is 16.3. The molecule has 3 rings (SSSR count). The maximum atomic E-state index is 11.9. The Balaban J connectivity index is 1.53. The molecule has 1 heterocycles. The number of aromatic amines is 1. The summed E-state index contributed by atoms with van der Waals surface area (Å²) in [6, 6.07) is 7.52. The third-order valence-electron chi connectivity index (χ3n) is 4.21. The Morgan fingerprint density at radius 1 is 1.22 bits per heavy atom. The third-order valence-corrected chi connectivity index (χ3v) is 5.44. The van der Waals surface area contributed by atoms with Crippen LogP contribution in [0, 0.1) is 0 Å². The van der Waals surface area contributed by atoms with Gasteiger partial charge in [-0.25, -0.2) is 9.52 Å². The van der Waals surface area contributed by atoms with Crippen molar-refractivity contribution in [3.63, 3.8) is 0 Å². The van der Waals surface area contributed by atoms with Crippen LogP contribution in [0.1, 0.15) is 32.1 Å². The lowest BCUT2D eigenvalue weighted by atomic mass is 10.3. The molecule has 3 N–H and O–H groups in total. The van der Waals surface area contributed by atoms with Gasteiger partial charge in [-0.1, -0.05) is 25.0 Å². The van der Waals surface area contributed by atoms with Crippen LogP contribution in [0.5, 0.6) is 0 Å². The molecule has 1 aromatic carbocycles. The molecule has 23 heavy (non-hydrogen) atoms. The maximum Gasteiger partial charge on any atom is 0.326 e. The van der Waals surface area contributed by atoms with Crippen molar-refractivity contribution in [2.24, 2.45) is 0 Å². The van der Waals surface area contributed by atoms with Crippen molar-refractivity contribution in [1.29, 1.82) is 0 Å². The number of benzene rings is 1. The van der Waals surface area contributed by atoms with E-state index in [-0.39, 0.29) is 11.7 Å². The van der Waals surface area contributed by atoms with Gasteiger partial charge in [0, 0.05) is 19.1 Å². The molecule has 1 fully saturated rings. The SMILES string of the molecule is O=c1[nH]c2ccccc2n1CCCNS(=O)(=O)NC1CCCC1. The van der Waals surface area contributed by atoms with Crippen LogP contribution < -0.4 is 15.1 Å². The monoisotopic (exact) mass is 338 g/mol. The van der Waals surface area contributed by atoms with Crippen LogP contribution in [0.25, 0.3) is 11.0 Å². The maximum absolute atomic E-state index is 11.9. The van der Waals surface area contributed by atoms with Gasteiger partial charge in [0.05, 0.1) is 11.0 Å². The number of nitrogens with one attached hydrogen (secondary N) is 3. The zero-order valence-corrected chi connectivity index (χ0v) is 13.7. The van der Waals surface area contributed by atoms with Crippen molar-refractivity contribution in [2.75, 3.05) is 6.54 Å². The Hall–Kier alpha value is -1.64. The second kappa shape index (κ2) is 6.86. The first-order valence-corrected chi connectivity index (χ1v) is 9.48. The summed E-state index contributed by atoms with van der Waals surface area (Å²) in [4.78, 5) is 14.7. The average Bonchev–Trinajstić information content (AvgIpc) is 3.10. The Morgan fingerprint density at radius 3 is 2.74 bits per heavy atom. The van der Waals surface area contributed by atoms with Crippen LogP contribution in [0.15, 0.2) is 29.1 Å². The second-order valence-electron chi connectivity index (χ2n) is 5.95. The van der Waals surface area contributed by atoms with E-state index in [9.17, 15) is 13.2 Å². The van der Waals surface area contributed by atoms with Crippen LogP contribution in [-0.4, -0.2) is 30.6 Å². The third kappa shape index (κ3) is 4.01. The van der Waals surface area contributed by atoms with Crippen molar-refractivity contribution >= 4 is 21.2 Å². The summed E-state index contributed by atoms with van der Waals surface area (Å²) in [5.74, 6) is 0. The summed E-state index contributed by atoms with van der Waals surface area (Å²) >= 11 is 0. The van der Waals surface area contributed by atoms with Crippen molar-refractivity contribution in [3.05, 3.63) is 34.7 Å². The Kier molecular flexibility index (Phi) is 4.84. The first kappa shape index (κ1) is 16.2. The van der Waals surface area contributed by atoms with E-state index >= 15 is 0 Å². The highest BCUT2D eigenvalue weighted by Crippen LogP contribution is 2.18. The second-order valence-corrected chi connectivity index (χ2v) is 7.48. The summed E-state index contributed by atoms with van der Waals surface area (Å²) in [7, 11) is -3.45. The highest BCUT2D eigenvalue weighted by molar-refractivity contribution is 7.87. The highest BCUT2D eigenvalue weighted by Gasteiger charge is 2.20. The first-order chi connectivity index (χ1) is 11.1. The molecule has 8 heteroatoms. The zero-order valence-electron chi connectivity index (χ0n) is 12.9. The fourth-order valence-electron chi connectivity index (χ4n) is 3.08. The molecule has 1 saturated carbocycles. The largest absolute Gasteiger partial charge is 0.326 e. The molecule has 126 valence electrons. The van der Waals surface area contributed by atoms with Gasteiger partial charge in [0.2, 0.25) is 0 Å². The van der Waals surface area contributed by atoms with Crippen molar-refractivity contribution in [2.45, 2.75) is 44.7 Å². The summed E-state index contributed by atoms with van der Waals surface area (Å²) in [5, 5.41) is 0. The van der Waals surface area contributed by atoms with Crippen LogP contribution in [0.3, 0.4) is 0 Å². The van der Waals surface area contributed by atoms with E-state index in [1.165, 1.54) is 0 Å². The number of nitrogens with zero attached hydrogens (tertiary/aromatic N) is 1. The van der Waals surface area contributed by atoms with Gasteiger partial charge in [-0.05, 0) is 31.4 Å². The molecule has 0 unspecified atom stereocenters. The number of rotatable bonds is 7. The molecule has 0 bridgehead atoms. The van der Waals surface area contributed by atoms with Gasteiger partial charge in [-0.15, -0.1) is 0 Å². The summed E-state index contributed by atoms with van der Waals surface area (Å²) < 4.78 is 30.7. The van der Waals surface area contributed by atoms with Gasteiger partial charge in [0.25, 0.3) is 10.2 Å². The van der Waals surface area contributed by atoms with Gasteiger partial charge < -0.3 is 4.98 Å². The molecule has 0 saturated heterocycles. The minimum Gasteiger partial charge on any atom is -0.306 e. The lowest BCUT2D eigenvalue weighted by molar-refractivity contribution is 0.533. The Morgan fingerprint density at radius 2 is 1.96 bits per heavy atom. The fourth-order valence-corrected chi connectivity index (χ4v) is 4.25. The number of aryl methyl sites for hydroxylation is 1. The lowest BCUT2D eigenvalue weighted by Crippen LogP contribution is -2.42. The van der Waals surface area contributed by atoms with E-state index in [0.717, 1.165) is 36.7 Å². The van der Waals surface area contributed by atoms with Crippen LogP contribution in [0.4, 0.5) is 0 Å². The molecule has 2 aromatic rings. The van der Waals surface area contributed by atoms with Gasteiger partial charge in [0.15, 0.2) is 0 Å². The molecule has 0 radical (unpaired) electrons. The van der Waals surface area contributed by atoms with Gasteiger partial charge in [-0.3, -0.25) is 4.57 Å². The zero-order chi connectivity index (χ0) is 16.3. The Labute approximate surface area is 135 Å². The number of hydrogen-bond acceptors (Lipinski definition) is 3. The van der Waals surface area contributed by atoms with Gasteiger partial charge in [-0.2, -0.15) is 13.1 Å². The smallest absolute Gasteiger partial charge is 0.306 e. The minimum absolute atomic E-state index is 0.0590. The molecular formula is C15H22N4O3S. The molecule has 0 aliphatic heterocycles. The molecule has 1 aliphatic rings. The fraction of sp³-hybridized carbons (Fsp3) is 0.533. The molecule has 1 aromatic heterocycles. The number of imidazole rings is 1. The standard InChI is InChI=1S/C15H22N4O3S/c20-15-17-13-8-3-4-9-14(13)19(15)11-5-10-16-23(21,22)18-12-6-1-2-7-12/h3-4,8-9,12,16,18H,1-2,5-7,10-11H2,(H,17,20). The van der Waals surface area contributed by atoms with Crippen LogP contribution in [0.2, 0.25) is 0 Å². The summed E-state index contributed by atoms with van der Waals surface area (Å²) in [6.45, 7) is 0.767. The Bertz CT molecular complexity index is 819. The van der Waals surface area contributed by atoms with Crippen molar-refractivity contribution in [3.8, 4) is 0 Å². The van der Waals surface area contributed by atoms with Crippen molar-refractivity contribution < 1.29 is 8.42 Å². The first-order valence-electron chi connectivity index (χ1n) is 8.00. The molecule has 0 spiro atoms. The summed E-state index contributed by atoms with van der Waals surface area (Å²) in [6.07, 6.45) is 4.53. The van der Waals surface area contributed by atoms with Crippen LogP contribution in [-0.2, 0) is 16.8 Å². The van der Waals surface area contributed by atoms with E-state index in [1.54, 1.807) is 4.57 Å². The number of para-hydroxylation sites is 2. The molecule has 7 nitrogen and oxygen atoms in total. The molecule has 0 amide bonds. The minimum atomic E-state index is -3.45. The van der Waals surface area contributed by atoms with Crippen LogP contribution >= 0.6 is 0 Å². The van der Waals surface area contributed by atoms with E-state index in [1.807, 2.05) is 24.3 Å². The number of aromatic nitrogens is 2. The highest BCUT2D eigenvalue weighted by atomic mass is 32.2. The predicted molar refractivity (Wildman–Crippen MR) is 89.5 cm³/mol. The number of fused-ring (bicyclic) bond motifs is 1. The molecular weight excluding hydrogens is 316 g/mol. The van der Waals surface area contributed by atoms with E-state index in [2.05, 4.69) is 14.4 Å².